The number of halogens is 1. The van der Waals surface area contributed by atoms with Gasteiger partial charge in [0.1, 0.15) is 0 Å². The second kappa shape index (κ2) is 3.25. The summed E-state index contributed by atoms with van der Waals surface area (Å²) in [7, 11) is 1.98. The monoisotopic (exact) mass is 233 g/mol. The van der Waals surface area contributed by atoms with Crippen molar-refractivity contribution in [3.63, 3.8) is 0 Å². The highest BCUT2D eigenvalue weighted by atomic mass is 79.9. The zero-order valence-electron chi connectivity index (χ0n) is 6.94. The van der Waals surface area contributed by atoms with Crippen LogP contribution >= 0.6 is 27.3 Å². The Labute approximate surface area is 79.9 Å². The van der Waals surface area contributed by atoms with E-state index in [2.05, 4.69) is 47.2 Å². The van der Waals surface area contributed by atoms with E-state index in [0.29, 0.717) is 0 Å². The van der Waals surface area contributed by atoms with Crippen LogP contribution in [-0.2, 0) is 5.54 Å². The molecule has 1 aromatic heterocycles. The summed E-state index contributed by atoms with van der Waals surface area (Å²) in [6, 6.07) is 4.23. The number of rotatable bonds is 2. The minimum atomic E-state index is 0.0939. The van der Waals surface area contributed by atoms with Crippen LogP contribution in [0.4, 0.5) is 0 Å². The van der Waals surface area contributed by atoms with Gasteiger partial charge in [-0.2, -0.15) is 0 Å². The fraction of sp³-hybridized carbons (Fsp3) is 0.500. The summed E-state index contributed by atoms with van der Waals surface area (Å²) in [4.78, 5) is 1.35. The van der Waals surface area contributed by atoms with Gasteiger partial charge in [-0.1, -0.05) is 0 Å². The molecule has 0 aliphatic heterocycles. The molecule has 1 rings (SSSR count). The van der Waals surface area contributed by atoms with Crippen LogP contribution in [0.5, 0.6) is 0 Å². The van der Waals surface area contributed by atoms with E-state index in [1.54, 1.807) is 11.3 Å². The number of thiophene rings is 1. The van der Waals surface area contributed by atoms with Gasteiger partial charge in [0.2, 0.25) is 0 Å². The predicted molar refractivity (Wildman–Crippen MR) is 54.1 cm³/mol. The zero-order valence-corrected chi connectivity index (χ0v) is 9.34. The molecule has 0 aliphatic rings. The minimum Gasteiger partial charge on any atom is -0.310 e. The van der Waals surface area contributed by atoms with Crippen molar-refractivity contribution in [3.05, 3.63) is 20.8 Å². The molecule has 0 aliphatic carbocycles. The maximum Gasteiger partial charge on any atom is 0.0702 e. The van der Waals surface area contributed by atoms with Gasteiger partial charge in [-0.25, -0.2) is 0 Å². The smallest absolute Gasteiger partial charge is 0.0702 e. The Kier molecular flexibility index (Phi) is 2.73. The lowest BCUT2D eigenvalue weighted by molar-refractivity contribution is 0.454. The average molecular weight is 234 g/mol. The van der Waals surface area contributed by atoms with Crippen LogP contribution in [-0.4, -0.2) is 7.05 Å². The first-order valence-electron chi connectivity index (χ1n) is 3.51. The zero-order chi connectivity index (χ0) is 8.48. The summed E-state index contributed by atoms with van der Waals surface area (Å²) < 4.78 is 1.19. The van der Waals surface area contributed by atoms with Crippen LogP contribution < -0.4 is 5.32 Å². The van der Waals surface area contributed by atoms with E-state index < -0.39 is 0 Å². The normalized spacial score (nSPS) is 12.0. The van der Waals surface area contributed by atoms with E-state index in [9.17, 15) is 0 Å². The Hall–Kier alpha value is 0.140. The first-order chi connectivity index (χ1) is 5.06. The van der Waals surface area contributed by atoms with Crippen molar-refractivity contribution in [2.45, 2.75) is 19.4 Å². The molecule has 1 heterocycles. The van der Waals surface area contributed by atoms with Gasteiger partial charge in [0.25, 0.3) is 0 Å². The molecule has 0 atom stereocenters. The van der Waals surface area contributed by atoms with Crippen LogP contribution in [0.15, 0.2) is 15.9 Å². The van der Waals surface area contributed by atoms with Crippen molar-refractivity contribution < 1.29 is 0 Å². The number of hydrogen-bond donors (Lipinski definition) is 1. The molecule has 0 bridgehead atoms. The molecule has 0 aromatic carbocycles. The van der Waals surface area contributed by atoms with Gasteiger partial charge in [0.05, 0.1) is 3.79 Å². The van der Waals surface area contributed by atoms with Crippen molar-refractivity contribution in [3.8, 4) is 0 Å². The Balaban J connectivity index is 2.92. The largest absolute Gasteiger partial charge is 0.310 e. The van der Waals surface area contributed by atoms with E-state index in [-0.39, 0.29) is 5.54 Å². The van der Waals surface area contributed by atoms with E-state index in [1.165, 1.54) is 8.66 Å². The molecule has 1 nitrogen and oxygen atoms in total. The topological polar surface area (TPSA) is 12.0 Å². The lowest BCUT2D eigenvalue weighted by Gasteiger charge is -2.21. The molecule has 11 heavy (non-hydrogen) atoms. The second-order valence-corrected chi connectivity index (χ2v) is 5.44. The van der Waals surface area contributed by atoms with Crippen LogP contribution in [0.25, 0.3) is 0 Å². The van der Waals surface area contributed by atoms with Crippen LogP contribution in [0.1, 0.15) is 18.7 Å². The van der Waals surface area contributed by atoms with Gasteiger partial charge in [-0.3, -0.25) is 0 Å². The van der Waals surface area contributed by atoms with Gasteiger partial charge >= 0.3 is 0 Å². The molecular formula is C8H12BrNS. The molecule has 0 spiro atoms. The second-order valence-electron chi connectivity index (χ2n) is 2.98. The van der Waals surface area contributed by atoms with Gasteiger partial charge in [0, 0.05) is 10.4 Å². The molecule has 0 radical (unpaired) electrons. The predicted octanol–water partition coefficient (Wildman–Crippen LogP) is 2.97. The van der Waals surface area contributed by atoms with Gasteiger partial charge in [0.15, 0.2) is 0 Å². The molecule has 1 aromatic rings. The van der Waals surface area contributed by atoms with Crippen LogP contribution in [0, 0.1) is 0 Å². The van der Waals surface area contributed by atoms with E-state index in [0.717, 1.165) is 0 Å². The van der Waals surface area contributed by atoms with E-state index in [4.69, 9.17) is 0 Å². The summed E-state index contributed by atoms with van der Waals surface area (Å²) >= 11 is 5.22. The molecule has 0 saturated heterocycles. The summed E-state index contributed by atoms with van der Waals surface area (Å²) in [5.74, 6) is 0. The summed E-state index contributed by atoms with van der Waals surface area (Å²) in [5, 5.41) is 3.26. The molecule has 0 saturated carbocycles. The third kappa shape index (κ3) is 2.04. The highest BCUT2D eigenvalue weighted by Gasteiger charge is 2.18. The Morgan fingerprint density at radius 1 is 1.45 bits per heavy atom. The summed E-state index contributed by atoms with van der Waals surface area (Å²) in [5.41, 5.74) is 0.0939. The number of hydrogen-bond acceptors (Lipinski definition) is 2. The van der Waals surface area contributed by atoms with Crippen molar-refractivity contribution in [1.82, 2.24) is 5.32 Å². The molecule has 0 amide bonds. The highest BCUT2D eigenvalue weighted by Crippen LogP contribution is 2.30. The molecule has 3 heteroatoms. The first kappa shape index (κ1) is 9.23. The van der Waals surface area contributed by atoms with Crippen molar-refractivity contribution >= 4 is 27.3 Å². The lowest BCUT2D eigenvalue weighted by Crippen LogP contribution is -2.31. The third-order valence-electron chi connectivity index (χ3n) is 1.81. The molecular weight excluding hydrogens is 222 g/mol. The SMILES string of the molecule is CNC(C)(C)c1ccc(Br)s1. The highest BCUT2D eigenvalue weighted by molar-refractivity contribution is 9.11. The van der Waals surface area contributed by atoms with Crippen molar-refractivity contribution in [2.75, 3.05) is 7.05 Å². The van der Waals surface area contributed by atoms with Crippen LogP contribution in [0.2, 0.25) is 0 Å². The fourth-order valence-corrected chi connectivity index (χ4v) is 2.27. The molecule has 1 N–H and O–H groups in total. The Bertz CT molecular complexity index is 242. The quantitative estimate of drug-likeness (QED) is 0.829. The lowest BCUT2D eigenvalue weighted by atomic mass is 10.0. The van der Waals surface area contributed by atoms with Crippen molar-refractivity contribution in [1.29, 1.82) is 0 Å². The Morgan fingerprint density at radius 2 is 2.09 bits per heavy atom. The minimum absolute atomic E-state index is 0.0939. The maximum atomic E-state index is 3.44. The molecule has 0 unspecified atom stereocenters. The molecule has 62 valence electrons. The van der Waals surface area contributed by atoms with E-state index in [1.807, 2.05) is 7.05 Å². The van der Waals surface area contributed by atoms with Gasteiger partial charge < -0.3 is 5.32 Å². The fourth-order valence-electron chi connectivity index (χ4n) is 0.773. The summed E-state index contributed by atoms with van der Waals surface area (Å²) in [6.07, 6.45) is 0. The van der Waals surface area contributed by atoms with E-state index >= 15 is 0 Å². The van der Waals surface area contributed by atoms with Crippen molar-refractivity contribution in [2.24, 2.45) is 0 Å². The summed E-state index contributed by atoms with van der Waals surface area (Å²) in [6.45, 7) is 4.34. The molecule has 0 fully saturated rings. The average Bonchev–Trinajstić information content (AvgIpc) is 2.36. The van der Waals surface area contributed by atoms with Gasteiger partial charge in [-0.05, 0) is 49.0 Å². The third-order valence-corrected chi connectivity index (χ3v) is 3.76. The maximum absolute atomic E-state index is 3.44. The van der Waals surface area contributed by atoms with Gasteiger partial charge in [-0.15, -0.1) is 11.3 Å². The number of nitrogens with one attached hydrogen (secondary N) is 1. The standard InChI is InChI=1S/C8H12BrNS/c1-8(2,10-3)6-4-5-7(9)11-6/h4-5,10H,1-3H3. The van der Waals surface area contributed by atoms with Crippen LogP contribution in [0.3, 0.4) is 0 Å². The Morgan fingerprint density at radius 3 is 2.45 bits per heavy atom. The first-order valence-corrected chi connectivity index (χ1v) is 5.12.